The maximum absolute atomic E-state index is 12.9. The molecule has 1 aromatic heterocycles. The first-order valence-corrected chi connectivity index (χ1v) is 15.3. The molecule has 0 spiro atoms. The van der Waals surface area contributed by atoms with Gasteiger partial charge in [-0.1, -0.05) is 51.9 Å². The van der Waals surface area contributed by atoms with Crippen LogP contribution >= 0.6 is 0 Å². The van der Waals surface area contributed by atoms with Gasteiger partial charge in [-0.25, -0.2) is 9.97 Å². The highest BCUT2D eigenvalue weighted by Gasteiger charge is 2.33. The number of hydrogen-bond acceptors (Lipinski definition) is 8. The lowest BCUT2D eigenvalue weighted by molar-refractivity contribution is -0.138. The standard InChI is InChI=1S/C20H24F3N5O2.C9H18.C2H4O.CH5N/c1-12-15(20(21,22)23)11-24-19(25-12)27-16-5-4-13(10-17(16)30-3)18(29)26-14-6-8-28(2)9-7-14;1-2-6-9-7-4-3-5-8-9;1-2-3;1-2/h4-5,10-11,14H,6-9H2,1-3H3,(H,26,29)(H,24,25,27);9H,2-8H2,1H3;2H,1H3;2H2,1H3. The van der Waals surface area contributed by atoms with Crippen molar-refractivity contribution in [2.24, 2.45) is 11.7 Å². The average molecular weight is 625 g/mol. The van der Waals surface area contributed by atoms with Crippen LogP contribution in [-0.4, -0.2) is 67.4 Å². The van der Waals surface area contributed by atoms with Gasteiger partial charge in [0.2, 0.25) is 5.95 Å². The van der Waals surface area contributed by atoms with Crippen LogP contribution in [0, 0.1) is 12.8 Å². The van der Waals surface area contributed by atoms with Crippen molar-refractivity contribution < 1.29 is 27.5 Å². The molecule has 248 valence electrons. The normalized spacial score (nSPS) is 15.7. The van der Waals surface area contributed by atoms with Gasteiger partial charge in [-0.05, 0) is 78.0 Å². The molecule has 2 fully saturated rings. The summed E-state index contributed by atoms with van der Waals surface area (Å²) in [6.45, 7) is 6.88. The van der Waals surface area contributed by atoms with E-state index in [-0.39, 0.29) is 23.6 Å². The van der Waals surface area contributed by atoms with Crippen LogP contribution in [0.3, 0.4) is 0 Å². The molecule has 1 aliphatic carbocycles. The molecule has 1 aromatic carbocycles. The monoisotopic (exact) mass is 624 g/mol. The molecule has 0 unspecified atom stereocenters. The predicted octanol–water partition coefficient (Wildman–Crippen LogP) is 6.53. The van der Waals surface area contributed by atoms with Crippen molar-refractivity contribution in [2.45, 2.75) is 90.8 Å². The number of rotatable bonds is 7. The van der Waals surface area contributed by atoms with E-state index in [4.69, 9.17) is 9.53 Å². The van der Waals surface area contributed by atoms with E-state index in [0.717, 1.165) is 44.3 Å². The van der Waals surface area contributed by atoms with Gasteiger partial charge < -0.3 is 30.8 Å². The molecule has 1 aliphatic heterocycles. The maximum atomic E-state index is 12.9. The molecule has 4 rings (SSSR count). The summed E-state index contributed by atoms with van der Waals surface area (Å²) in [7, 11) is 4.99. The number of ether oxygens (including phenoxy) is 1. The number of nitrogens with zero attached hydrogens (tertiary/aromatic N) is 3. The fourth-order valence-corrected chi connectivity index (χ4v) is 5.17. The Morgan fingerprint density at radius 1 is 1.14 bits per heavy atom. The number of amides is 1. The Morgan fingerprint density at radius 2 is 1.75 bits per heavy atom. The van der Waals surface area contributed by atoms with E-state index in [1.165, 1.54) is 73.0 Å². The van der Waals surface area contributed by atoms with Crippen molar-refractivity contribution in [3.05, 3.63) is 41.2 Å². The van der Waals surface area contributed by atoms with Crippen LogP contribution in [0.4, 0.5) is 24.8 Å². The molecular weight excluding hydrogens is 573 g/mol. The molecule has 2 aromatic rings. The minimum atomic E-state index is -4.51. The third-order valence-electron chi connectivity index (χ3n) is 7.47. The van der Waals surface area contributed by atoms with Crippen LogP contribution in [0.25, 0.3) is 0 Å². The molecule has 44 heavy (non-hydrogen) atoms. The molecule has 0 atom stereocenters. The van der Waals surface area contributed by atoms with Gasteiger partial charge in [-0.15, -0.1) is 0 Å². The molecule has 9 nitrogen and oxygen atoms in total. The molecule has 1 amide bonds. The summed E-state index contributed by atoms with van der Waals surface area (Å²) < 4.78 is 44.0. The van der Waals surface area contributed by atoms with Crippen LogP contribution in [0.15, 0.2) is 24.4 Å². The van der Waals surface area contributed by atoms with Crippen LogP contribution < -0.4 is 21.1 Å². The Labute approximate surface area is 260 Å². The van der Waals surface area contributed by atoms with Crippen molar-refractivity contribution in [1.82, 2.24) is 20.2 Å². The molecule has 2 heterocycles. The Balaban J connectivity index is 0.000000575. The number of halogens is 3. The number of anilines is 2. The summed E-state index contributed by atoms with van der Waals surface area (Å²) in [5, 5.41) is 5.87. The minimum Gasteiger partial charge on any atom is -0.495 e. The first-order valence-electron chi connectivity index (χ1n) is 15.3. The second-order valence-corrected chi connectivity index (χ2v) is 10.8. The van der Waals surface area contributed by atoms with E-state index in [1.807, 2.05) is 0 Å². The first-order chi connectivity index (χ1) is 21.0. The molecule has 2 aliphatic rings. The highest BCUT2D eigenvalue weighted by atomic mass is 19.4. The quantitative estimate of drug-likeness (QED) is 0.298. The van der Waals surface area contributed by atoms with E-state index in [0.29, 0.717) is 17.0 Å². The highest BCUT2D eigenvalue weighted by Crippen LogP contribution is 2.32. The molecule has 0 radical (unpaired) electrons. The Morgan fingerprint density at radius 3 is 2.27 bits per heavy atom. The number of aromatic nitrogens is 2. The lowest BCUT2D eigenvalue weighted by Gasteiger charge is -2.29. The van der Waals surface area contributed by atoms with Crippen LogP contribution in [-0.2, 0) is 11.0 Å². The van der Waals surface area contributed by atoms with Gasteiger partial charge in [-0.3, -0.25) is 4.79 Å². The van der Waals surface area contributed by atoms with Crippen molar-refractivity contribution >= 4 is 23.8 Å². The summed E-state index contributed by atoms with van der Waals surface area (Å²) in [5.74, 6) is 1.26. The van der Waals surface area contributed by atoms with Crippen LogP contribution in [0.5, 0.6) is 5.75 Å². The lowest BCUT2D eigenvalue weighted by atomic mass is 9.86. The predicted molar refractivity (Wildman–Crippen MR) is 169 cm³/mol. The summed E-state index contributed by atoms with van der Waals surface area (Å²) in [6.07, 6.45) is 9.19. The van der Waals surface area contributed by atoms with Gasteiger partial charge in [0.1, 0.15) is 12.0 Å². The fraction of sp³-hybridized carbons (Fsp3) is 0.625. The number of nitrogens with two attached hydrogens (primary N) is 1. The topological polar surface area (TPSA) is 122 Å². The van der Waals surface area contributed by atoms with E-state index in [2.05, 4.69) is 45.2 Å². The number of likely N-dealkylation sites (tertiary alicyclic amines) is 1. The summed E-state index contributed by atoms with van der Waals surface area (Å²) >= 11 is 0. The van der Waals surface area contributed by atoms with Crippen LogP contribution in [0.1, 0.15) is 93.3 Å². The van der Waals surface area contributed by atoms with Crippen molar-refractivity contribution in [3.8, 4) is 5.75 Å². The smallest absolute Gasteiger partial charge is 0.419 e. The second-order valence-electron chi connectivity index (χ2n) is 10.8. The number of carbonyl (C=O) groups is 2. The maximum Gasteiger partial charge on any atom is 0.419 e. The average Bonchev–Trinajstić information content (AvgIpc) is 3.00. The van der Waals surface area contributed by atoms with Gasteiger partial charge in [0, 0.05) is 17.8 Å². The molecular formula is C32H51F3N6O3. The number of benzene rings is 1. The van der Waals surface area contributed by atoms with Gasteiger partial charge in [0.05, 0.1) is 24.1 Å². The summed E-state index contributed by atoms with van der Waals surface area (Å²) in [6, 6.07) is 4.93. The van der Waals surface area contributed by atoms with Crippen molar-refractivity contribution in [3.63, 3.8) is 0 Å². The Hall–Kier alpha value is -3.25. The Bertz CT molecular complexity index is 1120. The zero-order valence-corrected chi connectivity index (χ0v) is 27.1. The summed E-state index contributed by atoms with van der Waals surface area (Å²) in [5.41, 5.74) is 4.29. The third-order valence-corrected chi connectivity index (χ3v) is 7.47. The number of aryl methyl sites for hydroxylation is 1. The fourth-order valence-electron chi connectivity index (χ4n) is 5.17. The molecule has 4 N–H and O–H groups in total. The number of carbonyl (C=O) groups excluding carboxylic acids is 2. The number of aldehydes is 1. The number of methoxy groups -OCH3 is 1. The second kappa shape index (κ2) is 20.7. The van der Waals surface area contributed by atoms with Gasteiger partial charge in [-0.2, -0.15) is 13.2 Å². The first kappa shape index (κ1) is 38.8. The molecule has 12 heteroatoms. The van der Waals surface area contributed by atoms with Crippen molar-refractivity contribution in [2.75, 3.05) is 39.6 Å². The number of piperidine rings is 1. The molecule has 1 saturated heterocycles. The number of alkyl halides is 3. The zero-order chi connectivity index (χ0) is 33.1. The SMILES string of the molecule is CC=O.CCCC1CCCCC1.CN.COc1cc(C(=O)NC2CCN(C)CC2)ccc1Nc1ncc(C(F)(F)F)c(C)n1. The highest BCUT2D eigenvalue weighted by molar-refractivity contribution is 5.95. The molecule has 0 bridgehead atoms. The van der Waals surface area contributed by atoms with E-state index in [9.17, 15) is 18.0 Å². The van der Waals surface area contributed by atoms with Crippen LogP contribution in [0.2, 0.25) is 0 Å². The van der Waals surface area contributed by atoms with Gasteiger partial charge >= 0.3 is 6.18 Å². The third kappa shape index (κ3) is 13.6. The largest absolute Gasteiger partial charge is 0.495 e. The van der Waals surface area contributed by atoms with Crippen molar-refractivity contribution in [1.29, 1.82) is 0 Å². The molecule has 1 saturated carbocycles. The zero-order valence-electron chi connectivity index (χ0n) is 27.1. The summed E-state index contributed by atoms with van der Waals surface area (Å²) in [4.78, 5) is 31.2. The number of nitrogens with one attached hydrogen (secondary N) is 2. The van der Waals surface area contributed by atoms with E-state index >= 15 is 0 Å². The van der Waals surface area contributed by atoms with Gasteiger partial charge in [0.15, 0.2) is 0 Å². The lowest BCUT2D eigenvalue weighted by Crippen LogP contribution is -2.43. The Kier molecular flexibility index (Phi) is 18.2. The minimum absolute atomic E-state index is 0.00215. The number of hydrogen-bond donors (Lipinski definition) is 3. The van der Waals surface area contributed by atoms with E-state index in [1.54, 1.807) is 18.2 Å². The van der Waals surface area contributed by atoms with E-state index < -0.39 is 11.7 Å². The van der Waals surface area contributed by atoms with Gasteiger partial charge in [0.25, 0.3) is 5.91 Å².